The number of hydrogen-bond donors (Lipinski definition) is 1. The van der Waals surface area contributed by atoms with Crippen molar-refractivity contribution < 1.29 is 4.74 Å². The van der Waals surface area contributed by atoms with Crippen molar-refractivity contribution in [1.82, 2.24) is 4.98 Å². The normalized spacial score (nSPS) is 10.1. The molecule has 1 aromatic carbocycles. The van der Waals surface area contributed by atoms with Crippen LogP contribution in [0.4, 0.5) is 0 Å². The second kappa shape index (κ2) is 5.63. The standard InChI is InChI=1S/C13H13N3OS/c1-17-10-4-2-3-9(7-10)13-11(8-15)16-12(18-13)5-6-14/h2-4,7H,5-6,14H2,1H3. The Hall–Kier alpha value is -1.90. The van der Waals surface area contributed by atoms with E-state index in [1.807, 2.05) is 24.3 Å². The second-order valence-electron chi connectivity index (χ2n) is 3.67. The number of nitrogens with two attached hydrogens (primary N) is 1. The lowest BCUT2D eigenvalue weighted by Gasteiger charge is -2.02. The third kappa shape index (κ3) is 2.50. The Morgan fingerprint density at radius 2 is 2.33 bits per heavy atom. The Balaban J connectivity index is 2.45. The number of rotatable bonds is 4. The molecule has 0 radical (unpaired) electrons. The average molecular weight is 259 g/mol. The van der Waals surface area contributed by atoms with Crippen LogP contribution < -0.4 is 10.5 Å². The Morgan fingerprint density at radius 3 is 3.00 bits per heavy atom. The van der Waals surface area contributed by atoms with Gasteiger partial charge in [0.25, 0.3) is 0 Å². The van der Waals surface area contributed by atoms with Gasteiger partial charge in [-0.1, -0.05) is 12.1 Å². The maximum Gasteiger partial charge on any atom is 0.159 e. The van der Waals surface area contributed by atoms with E-state index >= 15 is 0 Å². The number of ether oxygens (including phenoxy) is 1. The molecule has 92 valence electrons. The Labute approximate surface area is 110 Å². The number of aromatic nitrogens is 1. The van der Waals surface area contributed by atoms with Crippen molar-refractivity contribution in [3.05, 3.63) is 35.0 Å². The minimum atomic E-state index is 0.455. The molecule has 0 bridgehead atoms. The quantitative estimate of drug-likeness (QED) is 0.913. The molecule has 2 N–H and O–H groups in total. The van der Waals surface area contributed by atoms with Gasteiger partial charge in [-0.3, -0.25) is 0 Å². The number of nitrogens with zero attached hydrogens (tertiary/aromatic N) is 2. The molecule has 4 nitrogen and oxygen atoms in total. The van der Waals surface area contributed by atoms with Crippen LogP contribution in [0, 0.1) is 11.3 Å². The highest BCUT2D eigenvalue weighted by molar-refractivity contribution is 7.15. The van der Waals surface area contributed by atoms with E-state index in [1.54, 1.807) is 7.11 Å². The fourth-order valence-corrected chi connectivity index (χ4v) is 2.66. The molecule has 0 saturated heterocycles. The van der Waals surface area contributed by atoms with Crippen LogP contribution in [-0.2, 0) is 6.42 Å². The van der Waals surface area contributed by atoms with Crippen molar-refractivity contribution in [3.63, 3.8) is 0 Å². The van der Waals surface area contributed by atoms with Crippen LogP contribution in [0.25, 0.3) is 10.4 Å². The van der Waals surface area contributed by atoms with Crippen LogP contribution in [0.15, 0.2) is 24.3 Å². The molecule has 2 rings (SSSR count). The predicted octanol–water partition coefficient (Wildman–Crippen LogP) is 2.19. The molecule has 5 heteroatoms. The van der Waals surface area contributed by atoms with Gasteiger partial charge in [-0.25, -0.2) is 4.98 Å². The molecule has 1 aromatic heterocycles. The van der Waals surface area contributed by atoms with Crippen LogP contribution in [0.3, 0.4) is 0 Å². The molecule has 0 unspecified atom stereocenters. The number of methoxy groups -OCH3 is 1. The first-order valence-electron chi connectivity index (χ1n) is 5.52. The first kappa shape index (κ1) is 12.6. The van der Waals surface area contributed by atoms with Crippen LogP contribution in [0.2, 0.25) is 0 Å². The molecule has 0 aliphatic heterocycles. The molecule has 0 fully saturated rings. The summed E-state index contributed by atoms with van der Waals surface area (Å²) in [6.07, 6.45) is 0.698. The highest BCUT2D eigenvalue weighted by Crippen LogP contribution is 2.32. The summed E-state index contributed by atoms with van der Waals surface area (Å²) in [5.41, 5.74) is 6.92. The van der Waals surface area contributed by atoms with Crippen LogP contribution in [0.5, 0.6) is 5.75 Å². The van der Waals surface area contributed by atoms with E-state index in [0.717, 1.165) is 21.2 Å². The third-order valence-electron chi connectivity index (χ3n) is 2.47. The van der Waals surface area contributed by atoms with Gasteiger partial charge in [-0.05, 0) is 24.2 Å². The summed E-state index contributed by atoms with van der Waals surface area (Å²) in [4.78, 5) is 5.16. The highest BCUT2D eigenvalue weighted by atomic mass is 32.1. The third-order valence-corrected chi connectivity index (χ3v) is 3.63. The maximum absolute atomic E-state index is 9.12. The lowest BCUT2D eigenvalue weighted by Crippen LogP contribution is -2.01. The lowest BCUT2D eigenvalue weighted by molar-refractivity contribution is 0.415. The first-order valence-corrected chi connectivity index (χ1v) is 6.34. The lowest BCUT2D eigenvalue weighted by atomic mass is 10.1. The smallest absolute Gasteiger partial charge is 0.159 e. The van der Waals surface area contributed by atoms with Crippen LogP contribution in [-0.4, -0.2) is 18.6 Å². The number of nitriles is 1. The van der Waals surface area contributed by atoms with E-state index < -0.39 is 0 Å². The van der Waals surface area contributed by atoms with Gasteiger partial charge in [0.05, 0.1) is 17.0 Å². The van der Waals surface area contributed by atoms with Crippen molar-refractivity contribution in [2.75, 3.05) is 13.7 Å². The molecule has 2 aromatic rings. The van der Waals surface area contributed by atoms with Crippen molar-refractivity contribution in [1.29, 1.82) is 5.26 Å². The predicted molar refractivity (Wildman–Crippen MR) is 71.6 cm³/mol. The molecule has 0 spiro atoms. The van der Waals surface area contributed by atoms with Gasteiger partial charge in [0.2, 0.25) is 0 Å². The van der Waals surface area contributed by atoms with Crippen molar-refractivity contribution in [2.24, 2.45) is 5.73 Å². The zero-order valence-electron chi connectivity index (χ0n) is 10.0. The minimum absolute atomic E-state index is 0.455. The number of thiazole rings is 1. The van der Waals surface area contributed by atoms with Gasteiger partial charge < -0.3 is 10.5 Å². The summed E-state index contributed by atoms with van der Waals surface area (Å²) in [6.45, 7) is 0.538. The van der Waals surface area contributed by atoms with E-state index in [-0.39, 0.29) is 0 Å². The number of benzene rings is 1. The molecule has 0 aliphatic carbocycles. The van der Waals surface area contributed by atoms with E-state index in [4.69, 9.17) is 15.7 Å². The van der Waals surface area contributed by atoms with Crippen LogP contribution >= 0.6 is 11.3 Å². The number of hydrogen-bond acceptors (Lipinski definition) is 5. The Morgan fingerprint density at radius 1 is 1.50 bits per heavy atom. The monoisotopic (exact) mass is 259 g/mol. The van der Waals surface area contributed by atoms with E-state index in [0.29, 0.717) is 18.7 Å². The van der Waals surface area contributed by atoms with Gasteiger partial charge in [0.1, 0.15) is 11.8 Å². The molecule has 1 heterocycles. The van der Waals surface area contributed by atoms with Gasteiger partial charge >= 0.3 is 0 Å². The van der Waals surface area contributed by atoms with E-state index in [9.17, 15) is 0 Å². The van der Waals surface area contributed by atoms with Crippen molar-refractivity contribution in [3.8, 4) is 22.3 Å². The zero-order chi connectivity index (χ0) is 13.0. The molecular weight excluding hydrogens is 246 g/mol. The van der Waals surface area contributed by atoms with Gasteiger partial charge in [-0.15, -0.1) is 11.3 Å². The molecular formula is C13H13N3OS. The van der Waals surface area contributed by atoms with E-state index in [2.05, 4.69) is 11.1 Å². The van der Waals surface area contributed by atoms with E-state index in [1.165, 1.54) is 11.3 Å². The summed E-state index contributed by atoms with van der Waals surface area (Å²) in [7, 11) is 1.62. The summed E-state index contributed by atoms with van der Waals surface area (Å²) >= 11 is 1.51. The van der Waals surface area contributed by atoms with Crippen molar-refractivity contribution in [2.45, 2.75) is 6.42 Å². The minimum Gasteiger partial charge on any atom is -0.497 e. The molecule has 0 atom stereocenters. The Kier molecular flexibility index (Phi) is 3.92. The van der Waals surface area contributed by atoms with Gasteiger partial charge in [-0.2, -0.15) is 5.26 Å². The fourth-order valence-electron chi connectivity index (χ4n) is 1.63. The van der Waals surface area contributed by atoms with Gasteiger partial charge in [0.15, 0.2) is 5.69 Å². The summed E-state index contributed by atoms with van der Waals surface area (Å²) in [5, 5.41) is 10.0. The maximum atomic E-state index is 9.12. The molecule has 0 amide bonds. The van der Waals surface area contributed by atoms with Gasteiger partial charge in [0, 0.05) is 6.42 Å². The highest BCUT2D eigenvalue weighted by Gasteiger charge is 2.12. The summed E-state index contributed by atoms with van der Waals surface area (Å²) in [6, 6.07) is 9.75. The molecule has 0 aliphatic rings. The first-order chi connectivity index (χ1) is 8.78. The SMILES string of the molecule is COc1cccc(-c2sc(CCN)nc2C#N)c1. The summed E-state index contributed by atoms with van der Waals surface area (Å²) in [5.74, 6) is 0.769. The largest absolute Gasteiger partial charge is 0.497 e. The van der Waals surface area contributed by atoms with Crippen molar-refractivity contribution >= 4 is 11.3 Å². The summed E-state index contributed by atoms with van der Waals surface area (Å²) < 4.78 is 5.19. The average Bonchev–Trinajstić information content (AvgIpc) is 2.82. The second-order valence-corrected chi connectivity index (χ2v) is 4.75. The van der Waals surface area contributed by atoms with Crippen LogP contribution in [0.1, 0.15) is 10.7 Å². The fraction of sp³-hybridized carbons (Fsp3) is 0.231. The molecule has 18 heavy (non-hydrogen) atoms. The molecule has 0 saturated carbocycles. The zero-order valence-corrected chi connectivity index (χ0v) is 10.8. The topological polar surface area (TPSA) is 71.9 Å². The Bertz CT molecular complexity index is 586.